The normalized spacial score (nSPS) is 27.1. The average molecular weight is 223 g/mol. The number of carbonyl (C=O) groups excluding carboxylic acids is 1. The van der Waals surface area contributed by atoms with Gasteiger partial charge in [0.25, 0.3) is 0 Å². The molecular weight excluding hydrogens is 202 g/mol. The molecule has 0 aromatic rings. The maximum Gasteiger partial charge on any atom is 0.220 e. The molecule has 1 unspecified atom stereocenters. The van der Waals surface area contributed by atoms with Crippen LogP contribution in [0.1, 0.15) is 38.5 Å². The van der Waals surface area contributed by atoms with Gasteiger partial charge in [0.05, 0.1) is 0 Å². The molecule has 0 radical (unpaired) electrons. The van der Waals surface area contributed by atoms with E-state index in [0.29, 0.717) is 17.9 Å². The van der Waals surface area contributed by atoms with Crippen LogP contribution >= 0.6 is 0 Å². The first-order valence-electron chi connectivity index (χ1n) is 6.25. The summed E-state index contributed by atoms with van der Waals surface area (Å²) in [5.41, 5.74) is 0.363. The van der Waals surface area contributed by atoms with Crippen LogP contribution in [0, 0.1) is 5.41 Å². The van der Waals surface area contributed by atoms with Gasteiger partial charge in [-0.05, 0) is 37.5 Å². The summed E-state index contributed by atoms with van der Waals surface area (Å²) in [4.78, 5) is 11.6. The average Bonchev–Trinajstić information content (AvgIpc) is 2.33. The molecule has 3 nitrogen and oxygen atoms in total. The van der Waals surface area contributed by atoms with Gasteiger partial charge < -0.3 is 10.1 Å². The number of allylic oxidation sites excluding steroid dienone is 1. The van der Waals surface area contributed by atoms with Crippen LogP contribution < -0.4 is 5.32 Å². The highest BCUT2D eigenvalue weighted by atomic mass is 16.5. The second kappa shape index (κ2) is 5.00. The van der Waals surface area contributed by atoms with E-state index in [1.165, 1.54) is 6.42 Å². The standard InChI is InChI=1S/C13H21NO2/c1-2-3-4-12(15)14-11-5-6-13(11)7-9-16-10-8-13/h2,11H,1,3-10H2,(H,14,15). The molecule has 1 saturated carbocycles. The van der Waals surface area contributed by atoms with Crippen molar-refractivity contribution in [3.63, 3.8) is 0 Å². The second-order valence-electron chi connectivity index (χ2n) is 4.96. The summed E-state index contributed by atoms with van der Waals surface area (Å²) in [6.07, 6.45) is 7.76. The molecule has 1 N–H and O–H groups in total. The predicted molar refractivity (Wildman–Crippen MR) is 63.1 cm³/mol. The lowest BCUT2D eigenvalue weighted by Gasteiger charge is -2.52. The van der Waals surface area contributed by atoms with E-state index in [1.54, 1.807) is 6.08 Å². The summed E-state index contributed by atoms with van der Waals surface area (Å²) in [6.45, 7) is 5.35. The Labute approximate surface area is 97.2 Å². The first-order valence-corrected chi connectivity index (χ1v) is 6.25. The zero-order chi connectivity index (χ0) is 11.4. The van der Waals surface area contributed by atoms with Gasteiger partial charge in [0.1, 0.15) is 0 Å². The highest BCUT2D eigenvalue weighted by Gasteiger charge is 2.47. The highest BCUT2D eigenvalue weighted by molar-refractivity contribution is 5.76. The van der Waals surface area contributed by atoms with Crippen LogP contribution in [0.15, 0.2) is 12.7 Å². The van der Waals surface area contributed by atoms with Gasteiger partial charge >= 0.3 is 0 Å². The van der Waals surface area contributed by atoms with Crippen LogP contribution in [0.25, 0.3) is 0 Å². The monoisotopic (exact) mass is 223 g/mol. The molecule has 2 aliphatic rings. The van der Waals surface area contributed by atoms with Crippen molar-refractivity contribution in [1.29, 1.82) is 0 Å². The SMILES string of the molecule is C=CCCC(=O)NC1CCC12CCOCC2. The van der Waals surface area contributed by atoms with Gasteiger partial charge in [-0.1, -0.05) is 6.08 Å². The Kier molecular flexibility index (Phi) is 3.64. The lowest BCUT2D eigenvalue weighted by Crippen LogP contribution is -2.57. The third kappa shape index (κ3) is 2.29. The van der Waals surface area contributed by atoms with Crippen molar-refractivity contribution >= 4 is 5.91 Å². The van der Waals surface area contributed by atoms with E-state index < -0.39 is 0 Å². The van der Waals surface area contributed by atoms with Crippen LogP contribution in [0.4, 0.5) is 0 Å². The number of amides is 1. The maximum atomic E-state index is 11.6. The van der Waals surface area contributed by atoms with Crippen molar-refractivity contribution in [2.75, 3.05) is 13.2 Å². The number of rotatable bonds is 4. The van der Waals surface area contributed by atoms with Gasteiger partial charge in [-0.2, -0.15) is 0 Å². The maximum absolute atomic E-state index is 11.6. The molecule has 1 aliphatic carbocycles. The van der Waals surface area contributed by atoms with Gasteiger partial charge in [0.2, 0.25) is 5.91 Å². The van der Waals surface area contributed by atoms with E-state index in [9.17, 15) is 4.79 Å². The third-order valence-electron chi connectivity index (χ3n) is 4.07. The molecule has 0 bridgehead atoms. The van der Waals surface area contributed by atoms with E-state index in [4.69, 9.17) is 4.74 Å². The quantitative estimate of drug-likeness (QED) is 0.741. The van der Waals surface area contributed by atoms with Gasteiger partial charge in [0, 0.05) is 25.7 Å². The summed E-state index contributed by atoms with van der Waals surface area (Å²) < 4.78 is 5.39. The second-order valence-corrected chi connectivity index (χ2v) is 4.96. The van der Waals surface area contributed by atoms with E-state index in [1.807, 2.05) is 0 Å². The lowest BCUT2D eigenvalue weighted by atomic mass is 9.60. The summed E-state index contributed by atoms with van der Waals surface area (Å²) in [7, 11) is 0. The minimum atomic E-state index is 0.176. The number of hydrogen-bond acceptors (Lipinski definition) is 2. The molecule has 0 aromatic carbocycles. The molecule has 2 fully saturated rings. The minimum Gasteiger partial charge on any atom is -0.381 e. The third-order valence-corrected chi connectivity index (χ3v) is 4.07. The Morgan fingerprint density at radius 2 is 2.19 bits per heavy atom. The van der Waals surface area contributed by atoms with Crippen LogP contribution in [0.2, 0.25) is 0 Å². The largest absolute Gasteiger partial charge is 0.381 e. The number of nitrogens with one attached hydrogen (secondary N) is 1. The summed E-state index contributed by atoms with van der Waals surface area (Å²) in [5, 5.41) is 3.17. The first-order chi connectivity index (χ1) is 7.77. The Bertz CT molecular complexity index is 269. The van der Waals surface area contributed by atoms with E-state index in [0.717, 1.165) is 38.9 Å². The summed E-state index contributed by atoms with van der Waals surface area (Å²) in [5.74, 6) is 0.176. The first kappa shape index (κ1) is 11.6. The van der Waals surface area contributed by atoms with Crippen LogP contribution in [-0.2, 0) is 9.53 Å². The van der Waals surface area contributed by atoms with Crippen LogP contribution in [0.3, 0.4) is 0 Å². The van der Waals surface area contributed by atoms with E-state index in [-0.39, 0.29) is 5.91 Å². The molecular formula is C13H21NO2. The highest BCUT2D eigenvalue weighted by Crippen LogP contribution is 2.48. The van der Waals surface area contributed by atoms with Crippen molar-refractivity contribution < 1.29 is 9.53 Å². The van der Waals surface area contributed by atoms with Crippen molar-refractivity contribution in [2.45, 2.75) is 44.6 Å². The van der Waals surface area contributed by atoms with Gasteiger partial charge in [-0.25, -0.2) is 0 Å². The Morgan fingerprint density at radius 1 is 1.44 bits per heavy atom. The molecule has 2 rings (SSSR count). The molecule has 1 amide bonds. The topological polar surface area (TPSA) is 38.3 Å². The molecule has 1 saturated heterocycles. The van der Waals surface area contributed by atoms with Crippen LogP contribution in [0.5, 0.6) is 0 Å². The fraction of sp³-hybridized carbons (Fsp3) is 0.769. The smallest absolute Gasteiger partial charge is 0.220 e. The van der Waals surface area contributed by atoms with Gasteiger partial charge in [0.15, 0.2) is 0 Å². The van der Waals surface area contributed by atoms with E-state index >= 15 is 0 Å². The van der Waals surface area contributed by atoms with Gasteiger partial charge in [-0.15, -0.1) is 6.58 Å². The summed E-state index contributed by atoms with van der Waals surface area (Å²) >= 11 is 0. The zero-order valence-electron chi connectivity index (χ0n) is 9.84. The van der Waals surface area contributed by atoms with Crippen molar-refractivity contribution in [1.82, 2.24) is 5.32 Å². The molecule has 0 aromatic heterocycles. The van der Waals surface area contributed by atoms with Gasteiger partial charge in [-0.3, -0.25) is 4.79 Å². The number of ether oxygens (including phenoxy) is 1. The molecule has 90 valence electrons. The van der Waals surface area contributed by atoms with Crippen molar-refractivity contribution in [3.8, 4) is 0 Å². The molecule has 3 heteroatoms. The summed E-state index contributed by atoms with van der Waals surface area (Å²) in [6, 6.07) is 0.397. The van der Waals surface area contributed by atoms with Crippen molar-refractivity contribution in [3.05, 3.63) is 12.7 Å². The van der Waals surface area contributed by atoms with E-state index in [2.05, 4.69) is 11.9 Å². The molecule has 1 spiro atoms. The molecule has 1 aliphatic heterocycles. The Hall–Kier alpha value is -0.830. The zero-order valence-corrected chi connectivity index (χ0v) is 9.84. The number of carbonyl (C=O) groups is 1. The molecule has 1 heterocycles. The lowest BCUT2D eigenvalue weighted by molar-refractivity contribution is -0.126. The predicted octanol–water partition coefficient (Wildman–Crippen LogP) is 2.03. The fourth-order valence-corrected chi connectivity index (χ4v) is 2.80. The number of hydrogen-bond donors (Lipinski definition) is 1. The van der Waals surface area contributed by atoms with Crippen LogP contribution in [-0.4, -0.2) is 25.2 Å². The molecule has 16 heavy (non-hydrogen) atoms. The molecule has 1 atom stereocenters. The fourth-order valence-electron chi connectivity index (χ4n) is 2.80. The Morgan fingerprint density at radius 3 is 2.75 bits per heavy atom. The van der Waals surface area contributed by atoms with Crippen molar-refractivity contribution in [2.24, 2.45) is 5.41 Å². The Balaban J connectivity index is 1.81. The minimum absolute atomic E-state index is 0.176.